The molecule has 2 aromatic carbocycles. The first-order valence-corrected chi connectivity index (χ1v) is 9.44. The van der Waals surface area contributed by atoms with Gasteiger partial charge in [-0.2, -0.15) is 0 Å². The number of phenolic OH excluding ortho intramolecular Hbond substituents is 1. The van der Waals surface area contributed by atoms with E-state index in [0.29, 0.717) is 12.4 Å². The van der Waals surface area contributed by atoms with E-state index in [1.807, 2.05) is 23.6 Å². The molecule has 4 rings (SSSR count). The maximum Gasteiger partial charge on any atom is 0.165 e. The van der Waals surface area contributed by atoms with E-state index in [2.05, 4.69) is 29.2 Å². The average Bonchev–Trinajstić information content (AvgIpc) is 3.06. The fraction of sp³-hybridized carbons (Fsp3) is 0.200. The summed E-state index contributed by atoms with van der Waals surface area (Å²) >= 11 is 7.64. The Kier molecular flexibility index (Phi) is 4.66. The van der Waals surface area contributed by atoms with Crippen molar-refractivity contribution in [2.75, 3.05) is 13.2 Å². The zero-order valence-electron chi connectivity index (χ0n) is 13.6. The molecule has 1 aromatic heterocycles. The lowest BCUT2D eigenvalue weighted by Gasteiger charge is -2.19. The first-order chi connectivity index (χ1) is 12.2. The van der Waals surface area contributed by atoms with E-state index in [9.17, 15) is 5.11 Å². The van der Waals surface area contributed by atoms with Crippen LogP contribution in [-0.2, 0) is 13.1 Å². The summed E-state index contributed by atoms with van der Waals surface area (Å²) in [5.74, 6) is 0.827. The topological polar surface area (TPSA) is 32.7 Å². The maximum absolute atomic E-state index is 10.4. The number of hydrogen-bond donors (Lipinski definition) is 1. The Labute approximate surface area is 156 Å². The minimum Gasteiger partial charge on any atom is -0.504 e. The molecule has 0 unspecified atom stereocenters. The Bertz CT molecular complexity index is 862. The molecule has 3 nitrogen and oxygen atoms in total. The van der Waals surface area contributed by atoms with Gasteiger partial charge in [-0.1, -0.05) is 29.8 Å². The predicted molar refractivity (Wildman–Crippen MR) is 102 cm³/mol. The van der Waals surface area contributed by atoms with Crippen LogP contribution in [0.2, 0.25) is 5.02 Å². The minimum absolute atomic E-state index is 0.217. The Morgan fingerprint density at radius 3 is 2.76 bits per heavy atom. The van der Waals surface area contributed by atoms with Gasteiger partial charge in [0.15, 0.2) is 11.5 Å². The molecule has 1 aliphatic rings. The highest BCUT2D eigenvalue weighted by Crippen LogP contribution is 2.38. The molecule has 0 spiro atoms. The van der Waals surface area contributed by atoms with Crippen LogP contribution >= 0.6 is 22.9 Å². The number of benzene rings is 2. The standard InChI is InChI=1S/C20H18ClNO2S/c21-17-5-3-14(4-6-17)12-22-7-8-24-20-16(13-22)10-15(11-18(20)23)19-2-1-9-25-19/h1-6,9-11,23H,7-8,12-13H2. The van der Waals surface area contributed by atoms with Crippen LogP contribution in [0.15, 0.2) is 53.9 Å². The van der Waals surface area contributed by atoms with Crippen LogP contribution in [0.4, 0.5) is 0 Å². The fourth-order valence-corrected chi connectivity index (χ4v) is 3.96. The summed E-state index contributed by atoms with van der Waals surface area (Å²) in [6.45, 7) is 2.94. The van der Waals surface area contributed by atoms with Gasteiger partial charge in [0, 0.05) is 35.1 Å². The molecule has 5 heteroatoms. The summed E-state index contributed by atoms with van der Waals surface area (Å²) in [6, 6.07) is 15.9. The van der Waals surface area contributed by atoms with Gasteiger partial charge in [-0.15, -0.1) is 11.3 Å². The number of rotatable bonds is 3. The third-order valence-electron chi connectivity index (χ3n) is 4.32. The van der Waals surface area contributed by atoms with Gasteiger partial charge in [0.25, 0.3) is 0 Å². The summed E-state index contributed by atoms with van der Waals surface area (Å²) in [5, 5.41) is 13.2. The Morgan fingerprint density at radius 1 is 1.16 bits per heavy atom. The normalized spacial score (nSPS) is 14.6. The van der Waals surface area contributed by atoms with Crippen LogP contribution < -0.4 is 4.74 Å². The summed E-state index contributed by atoms with van der Waals surface area (Å²) < 4.78 is 5.83. The molecular formula is C20H18ClNO2S. The SMILES string of the molecule is Oc1cc(-c2cccs2)cc2c1OCCN(Cc1ccc(Cl)cc1)C2. The monoisotopic (exact) mass is 371 g/mol. The van der Waals surface area contributed by atoms with Crippen molar-refractivity contribution in [1.82, 2.24) is 4.90 Å². The number of halogens is 1. The smallest absolute Gasteiger partial charge is 0.165 e. The van der Waals surface area contributed by atoms with Crippen molar-refractivity contribution in [3.63, 3.8) is 0 Å². The van der Waals surface area contributed by atoms with E-state index in [1.165, 1.54) is 5.56 Å². The quantitative estimate of drug-likeness (QED) is 0.689. The summed E-state index contributed by atoms with van der Waals surface area (Å²) in [5.41, 5.74) is 3.27. The predicted octanol–water partition coefficient (Wildman–Crippen LogP) is 5.17. The third kappa shape index (κ3) is 3.66. The lowest BCUT2D eigenvalue weighted by molar-refractivity contribution is 0.217. The van der Waals surface area contributed by atoms with Crippen LogP contribution in [0.25, 0.3) is 10.4 Å². The molecule has 25 heavy (non-hydrogen) atoms. The molecule has 2 heterocycles. The minimum atomic E-state index is 0.217. The second-order valence-corrected chi connectivity index (χ2v) is 7.53. The molecule has 0 fully saturated rings. The molecule has 0 aliphatic carbocycles. The van der Waals surface area contributed by atoms with Crippen molar-refractivity contribution in [3.05, 3.63) is 70.1 Å². The van der Waals surface area contributed by atoms with Crippen LogP contribution in [0, 0.1) is 0 Å². The van der Waals surface area contributed by atoms with Crippen LogP contribution in [0.3, 0.4) is 0 Å². The molecule has 1 aliphatic heterocycles. The van der Waals surface area contributed by atoms with Crippen molar-refractivity contribution in [3.8, 4) is 21.9 Å². The molecule has 0 saturated carbocycles. The fourth-order valence-electron chi connectivity index (χ4n) is 3.12. The van der Waals surface area contributed by atoms with E-state index in [-0.39, 0.29) is 5.75 Å². The molecule has 0 bridgehead atoms. The maximum atomic E-state index is 10.4. The van der Waals surface area contributed by atoms with Crippen molar-refractivity contribution in [2.45, 2.75) is 13.1 Å². The van der Waals surface area contributed by atoms with Crippen molar-refractivity contribution < 1.29 is 9.84 Å². The average molecular weight is 372 g/mol. The molecule has 0 radical (unpaired) electrons. The summed E-state index contributed by atoms with van der Waals surface area (Å²) in [7, 11) is 0. The highest BCUT2D eigenvalue weighted by Gasteiger charge is 2.20. The highest BCUT2D eigenvalue weighted by atomic mass is 35.5. The Balaban J connectivity index is 1.61. The number of thiophene rings is 1. The largest absolute Gasteiger partial charge is 0.504 e. The first kappa shape index (κ1) is 16.5. The number of ether oxygens (including phenoxy) is 1. The van der Waals surface area contributed by atoms with Gasteiger partial charge in [0.2, 0.25) is 0 Å². The zero-order valence-corrected chi connectivity index (χ0v) is 15.2. The second kappa shape index (κ2) is 7.08. The van der Waals surface area contributed by atoms with Crippen molar-refractivity contribution in [1.29, 1.82) is 0 Å². The van der Waals surface area contributed by atoms with E-state index < -0.39 is 0 Å². The van der Waals surface area contributed by atoms with E-state index in [4.69, 9.17) is 16.3 Å². The van der Waals surface area contributed by atoms with Gasteiger partial charge in [0.05, 0.1) is 0 Å². The molecule has 0 atom stereocenters. The molecule has 0 amide bonds. The summed E-state index contributed by atoms with van der Waals surface area (Å²) in [6.07, 6.45) is 0. The first-order valence-electron chi connectivity index (χ1n) is 8.18. The van der Waals surface area contributed by atoms with Gasteiger partial charge in [-0.3, -0.25) is 4.90 Å². The van der Waals surface area contributed by atoms with Crippen LogP contribution in [-0.4, -0.2) is 23.2 Å². The molecule has 1 N–H and O–H groups in total. The van der Waals surface area contributed by atoms with Gasteiger partial charge in [0.1, 0.15) is 6.61 Å². The number of fused-ring (bicyclic) bond motifs is 1. The lowest BCUT2D eigenvalue weighted by atomic mass is 10.1. The zero-order chi connectivity index (χ0) is 17.2. The van der Waals surface area contributed by atoms with Gasteiger partial charge >= 0.3 is 0 Å². The van der Waals surface area contributed by atoms with Crippen molar-refractivity contribution >= 4 is 22.9 Å². The molecule has 128 valence electrons. The lowest BCUT2D eigenvalue weighted by Crippen LogP contribution is -2.25. The third-order valence-corrected chi connectivity index (χ3v) is 5.49. The molecular weight excluding hydrogens is 354 g/mol. The van der Waals surface area contributed by atoms with Crippen molar-refractivity contribution in [2.24, 2.45) is 0 Å². The van der Waals surface area contributed by atoms with E-state index in [0.717, 1.165) is 40.7 Å². The van der Waals surface area contributed by atoms with E-state index >= 15 is 0 Å². The highest BCUT2D eigenvalue weighted by molar-refractivity contribution is 7.13. The number of hydrogen-bond acceptors (Lipinski definition) is 4. The molecule has 3 aromatic rings. The molecule has 0 saturated heterocycles. The van der Waals surface area contributed by atoms with Gasteiger partial charge < -0.3 is 9.84 Å². The second-order valence-electron chi connectivity index (χ2n) is 6.15. The van der Waals surface area contributed by atoms with E-state index in [1.54, 1.807) is 17.4 Å². The van der Waals surface area contributed by atoms with Gasteiger partial charge in [-0.05, 0) is 46.8 Å². The van der Waals surface area contributed by atoms with Crippen LogP contribution in [0.1, 0.15) is 11.1 Å². The number of phenols is 1. The van der Waals surface area contributed by atoms with Gasteiger partial charge in [-0.25, -0.2) is 0 Å². The Morgan fingerprint density at radius 2 is 2.00 bits per heavy atom. The Hall–Kier alpha value is -2.01. The number of aromatic hydroxyl groups is 1. The number of nitrogens with zero attached hydrogens (tertiary/aromatic N) is 1. The van der Waals surface area contributed by atoms with Crippen LogP contribution in [0.5, 0.6) is 11.5 Å². The summed E-state index contributed by atoms with van der Waals surface area (Å²) in [4.78, 5) is 3.47.